The number of nitrogens with zero attached hydrogens (tertiary/aromatic N) is 1. The predicted molar refractivity (Wildman–Crippen MR) is 81.5 cm³/mol. The van der Waals surface area contributed by atoms with E-state index in [1.807, 2.05) is 6.92 Å². The lowest BCUT2D eigenvalue weighted by atomic mass is 10.00. The number of carbonyl (C=O) groups excluding carboxylic acids is 2. The molecule has 1 aliphatic rings. The van der Waals surface area contributed by atoms with Crippen molar-refractivity contribution in [3.05, 3.63) is 29.8 Å². The van der Waals surface area contributed by atoms with Gasteiger partial charge < -0.3 is 10.1 Å². The van der Waals surface area contributed by atoms with Gasteiger partial charge in [0.15, 0.2) is 12.4 Å². The minimum Gasteiger partial charge on any atom is -0.484 e. The minimum atomic E-state index is -0.724. The first kappa shape index (κ1) is 16.0. The highest BCUT2D eigenvalue weighted by Crippen LogP contribution is 2.28. The molecule has 0 heterocycles. The molecule has 5 nitrogen and oxygen atoms in total. The number of hydrogen-bond donors (Lipinski definition) is 1. The monoisotopic (exact) mass is 300 g/mol. The van der Waals surface area contributed by atoms with E-state index in [-0.39, 0.29) is 18.3 Å². The van der Waals surface area contributed by atoms with E-state index in [1.165, 1.54) is 0 Å². The summed E-state index contributed by atoms with van der Waals surface area (Å²) in [7, 11) is 0. The third-order valence-corrected chi connectivity index (χ3v) is 3.92. The van der Waals surface area contributed by atoms with E-state index in [1.54, 1.807) is 24.3 Å². The molecule has 0 saturated heterocycles. The molecule has 1 fully saturated rings. The molecule has 0 spiro atoms. The van der Waals surface area contributed by atoms with Crippen molar-refractivity contribution in [1.82, 2.24) is 5.32 Å². The lowest BCUT2D eigenvalue weighted by molar-refractivity contribution is -0.124. The van der Waals surface area contributed by atoms with Gasteiger partial charge in [-0.05, 0) is 49.9 Å². The normalized spacial score (nSPS) is 15.8. The maximum absolute atomic E-state index is 11.9. The Kier molecular flexibility index (Phi) is 5.16. The van der Waals surface area contributed by atoms with Crippen LogP contribution in [0.4, 0.5) is 0 Å². The Balaban J connectivity index is 1.86. The van der Waals surface area contributed by atoms with Crippen LogP contribution in [0.3, 0.4) is 0 Å². The molecule has 2 rings (SSSR count). The summed E-state index contributed by atoms with van der Waals surface area (Å²) in [5.41, 5.74) is -0.0913. The van der Waals surface area contributed by atoms with Gasteiger partial charge in [0.2, 0.25) is 0 Å². The van der Waals surface area contributed by atoms with E-state index in [2.05, 4.69) is 11.4 Å². The SMILES string of the molecule is CCC(=O)c1ccc(OCC(=O)NC2(C#N)CCCC2)cc1. The van der Waals surface area contributed by atoms with Crippen molar-refractivity contribution in [1.29, 1.82) is 5.26 Å². The van der Waals surface area contributed by atoms with Crippen molar-refractivity contribution >= 4 is 11.7 Å². The smallest absolute Gasteiger partial charge is 0.259 e. The molecule has 0 aliphatic heterocycles. The quantitative estimate of drug-likeness (QED) is 0.819. The second-order valence-electron chi connectivity index (χ2n) is 5.54. The Bertz CT molecular complexity index is 581. The Morgan fingerprint density at radius 3 is 2.45 bits per heavy atom. The summed E-state index contributed by atoms with van der Waals surface area (Å²) in [6, 6.07) is 8.93. The number of amides is 1. The third-order valence-electron chi connectivity index (χ3n) is 3.92. The molecular weight excluding hydrogens is 280 g/mol. The molecule has 0 radical (unpaired) electrons. The number of nitrogens with one attached hydrogen (secondary N) is 1. The van der Waals surface area contributed by atoms with Gasteiger partial charge in [-0.15, -0.1) is 0 Å². The van der Waals surface area contributed by atoms with Crippen LogP contribution in [0, 0.1) is 11.3 Å². The van der Waals surface area contributed by atoms with Crippen LogP contribution in [0.5, 0.6) is 5.75 Å². The molecule has 1 aromatic carbocycles. The Labute approximate surface area is 130 Å². The zero-order valence-electron chi connectivity index (χ0n) is 12.7. The highest BCUT2D eigenvalue weighted by atomic mass is 16.5. The van der Waals surface area contributed by atoms with Crippen LogP contribution >= 0.6 is 0 Å². The van der Waals surface area contributed by atoms with Crippen LogP contribution in [-0.2, 0) is 4.79 Å². The lowest BCUT2D eigenvalue weighted by Gasteiger charge is -2.21. The van der Waals surface area contributed by atoms with Crippen LogP contribution in [-0.4, -0.2) is 23.8 Å². The average Bonchev–Trinajstić information content (AvgIpc) is 3.01. The molecule has 0 unspecified atom stereocenters. The zero-order chi connectivity index (χ0) is 16.0. The average molecular weight is 300 g/mol. The Hall–Kier alpha value is -2.35. The first-order chi connectivity index (χ1) is 10.6. The van der Waals surface area contributed by atoms with Gasteiger partial charge in [0, 0.05) is 12.0 Å². The molecule has 0 aromatic heterocycles. The van der Waals surface area contributed by atoms with Crippen LogP contribution < -0.4 is 10.1 Å². The summed E-state index contributed by atoms with van der Waals surface area (Å²) in [5.74, 6) is 0.305. The molecule has 5 heteroatoms. The summed E-state index contributed by atoms with van der Waals surface area (Å²) < 4.78 is 5.40. The van der Waals surface area contributed by atoms with Gasteiger partial charge in [-0.3, -0.25) is 9.59 Å². The molecule has 116 valence electrons. The first-order valence-electron chi connectivity index (χ1n) is 7.57. The van der Waals surface area contributed by atoms with Gasteiger partial charge >= 0.3 is 0 Å². The molecule has 22 heavy (non-hydrogen) atoms. The van der Waals surface area contributed by atoms with Gasteiger partial charge in [-0.2, -0.15) is 5.26 Å². The van der Waals surface area contributed by atoms with Gasteiger partial charge in [0.05, 0.1) is 6.07 Å². The first-order valence-corrected chi connectivity index (χ1v) is 7.57. The number of hydrogen-bond acceptors (Lipinski definition) is 4. The standard InChI is InChI=1S/C17H20N2O3/c1-2-15(20)13-5-7-14(8-6-13)22-11-16(21)19-17(12-18)9-3-4-10-17/h5-8H,2-4,9-11H2,1H3,(H,19,21). The van der Waals surface area contributed by atoms with Crippen molar-refractivity contribution < 1.29 is 14.3 Å². The van der Waals surface area contributed by atoms with Crippen molar-refractivity contribution in [2.45, 2.75) is 44.6 Å². The van der Waals surface area contributed by atoms with Crippen LogP contribution in [0.25, 0.3) is 0 Å². The van der Waals surface area contributed by atoms with Crippen molar-refractivity contribution in [3.63, 3.8) is 0 Å². The second-order valence-corrected chi connectivity index (χ2v) is 5.54. The number of ketones is 1. The van der Waals surface area contributed by atoms with E-state index in [4.69, 9.17) is 4.74 Å². The fraction of sp³-hybridized carbons (Fsp3) is 0.471. The minimum absolute atomic E-state index is 0.0708. The summed E-state index contributed by atoms with van der Waals surface area (Å²) in [5, 5.41) is 12.0. The van der Waals surface area contributed by atoms with E-state index in [9.17, 15) is 14.9 Å². The van der Waals surface area contributed by atoms with Crippen LogP contribution in [0.15, 0.2) is 24.3 Å². The van der Waals surface area contributed by atoms with Gasteiger partial charge in [0.25, 0.3) is 5.91 Å². The fourth-order valence-corrected chi connectivity index (χ4v) is 2.64. The van der Waals surface area contributed by atoms with Gasteiger partial charge in [-0.25, -0.2) is 0 Å². The van der Waals surface area contributed by atoms with Crippen molar-refractivity contribution in [3.8, 4) is 11.8 Å². The predicted octanol–water partition coefficient (Wildman–Crippen LogP) is 2.61. The van der Waals surface area contributed by atoms with Crippen LogP contribution in [0.1, 0.15) is 49.4 Å². The Morgan fingerprint density at radius 2 is 1.91 bits per heavy atom. The molecule has 1 aliphatic carbocycles. The van der Waals surface area contributed by atoms with Gasteiger partial charge in [0.1, 0.15) is 11.3 Å². The summed E-state index contributed by atoms with van der Waals surface area (Å²) in [6.45, 7) is 1.68. The summed E-state index contributed by atoms with van der Waals surface area (Å²) in [4.78, 5) is 23.4. The fourth-order valence-electron chi connectivity index (χ4n) is 2.64. The lowest BCUT2D eigenvalue weighted by Crippen LogP contribution is -2.47. The number of nitriles is 1. The second kappa shape index (κ2) is 7.08. The topological polar surface area (TPSA) is 79.2 Å². The molecular formula is C17H20N2O3. The molecule has 1 saturated carbocycles. The largest absolute Gasteiger partial charge is 0.484 e. The number of Topliss-reactive ketones (excluding diaryl/α,β-unsaturated/α-hetero) is 1. The maximum atomic E-state index is 11.9. The third kappa shape index (κ3) is 3.85. The highest BCUT2D eigenvalue weighted by Gasteiger charge is 2.35. The summed E-state index contributed by atoms with van der Waals surface area (Å²) >= 11 is 0. The number of ether oxygens (including phenoxy) is 1. The Morgan fingerprint density at radius 1 is 1.27 bits per heavy atom. The van der Waals surface area contributed by atoms with Crippen LogP contribution in [0.2, 0.25) is 0 Å². The zero-order valence-corrected chi connectivity index (χ0v) is 12.7. The molecule has 0 bridgehead atoms. The van der Waals surface area contributed by atoms with E-state index in [0.717, 1.165) is 12.8 Å². The number of rotatable bonds is 6. The number of benzene rings is 1. The van der Waals surface area contributed by atoms with E-state index < -0.39 is 5.54 Å². The van der Waals surface area contributed by atoms with E-state index in [0.29, 0.717) is 30.6 Å². The van der Waals surface area contributed by atoms with Crippen molar-refractivity contribution in [2.24, 2.45) is 0 Å². The molecule has 0 atom stereocenters. The molecule has 1 N–H and O–H groups in total. The number of carbonyl (C=O) groups is 2. The maximum Gasteiger partial charge on any atom is 0.259 e. The summed E-state index contributed by atoms with van der Waals surface area (Å²) in [6.07, 6.45) is 3.77. The van der Waals surface area contributed by atoms with Gasteiger partial charge in [-0.1, -0.05) is 6.92 Å². The highest BCUT2D eigenvalue weighted by molar-refractivity contribution is 5.95. The molecule has 1 aromatic rings. The molecule has 1 amide bonds. The van der Waals surface area contributed by atoms with E-state index >= 15 is 0 Å². The van der Waals surface area contributed by atoms with Crippen molar-refractivity contribution in [2.75, 3.05) is 6.61 Å².